The van der Waals surface area contributed by atoms with Crippen LogP contribution in [0.25, 0.3) is 0 Å². The van der Waals surface area contributed by atoms with Crippen LogP contribution in [-0.4, -0.2) is 44.7 Å². The molecular weight excluding hydrogens is 362 g/mol. The van der Waals surface area contributed by atoms with Crippen molar-refractivity contribution in [3.8, 4) is 11.5 Å². The van der Waals surface area contributed by atoms with Crippen LogP contribution in [0.4, 0.5) is 5.69 Å². The number of nitrogens with zero attached hydrogens (tertiary/aromatic N) is 1. The Morgan fingerprint density at radius 2 is 2.04 bits per heavy atom. The molecule has 1 saturated heterocycles. The molecule has 0 radical (unpaired) electrons. The number of ether oxygens (including phenoxy) is 2. The molecule has 1 aliphatic heterocycles. The van der Waals surface area contributed by atoms with Crippen LogP contribution in [0.5, 0.6) is 11.5 Å². The number of benzene rings is 1. The zero-order valence-corrected chi connectivity index (χ0v) is 15.9. The lowest BCUT2D eigenvalue weighted by atomic mass is 10.0. The Kier molecular flexibility index (Phi) is 9.15. The SMILES string of the molecule is COc1cc(CCNC(=O)CCC2CCNC2)c([N+](=O)[O-])cc1OC.Cl. The summed E-state index contributed by atoms with van der Waals surface area (Å²) in [4.78, 5) is 22.7. The smallest absolute Gasteiger partial charge is 0.276 e. The molecule has 9 heteroatoms. The van der Waals surface area contributed by atoms with E-state index in [1.165, 1.54) is 20.3 Å². The molecule has 0 aliphatic carbocycles. The topological polar surface area (TPSA) is 103 Å². The Hall–Kier alpha value is -2.06. The standard InChI is InChI=1S/C17H25N3O5.ClH/c1-24-15-9-13(14(20(22)23)10-16(15)25-2)6-8-19-17(21)4-3-12-5-7-18-11-12;/h9-10,12,18H,3-8,11H2,1-2H3,(H,19,21);1H. The first-order valence-electron chi connectivity index (χ1n) is 8.41. The van der Waals surface area contributed by atoms with Crippen molar-refractivity contribution in [2.24, 2.45) is 5.92 Å². The predicted octanol–water partition coefficient (Wildman–Crippen LogP) is 2.08. The second-order valence-corrected chi connectivity index (χ2v) is 6.09. The Bertz CT molecular complexity index is 621. The molecule has 1 fully saturated rings. The molecule has 1 amide bonds. The molecule has 146 valence electrons. The second kappa shape index (κ2) is 10.8. The van der Waals surface area contributed by atoms with Gasteiger partial charge in [0, 0.05) is 18.5 Å². The fourth-order valence-corrected chi connectivity index (χ4v) is 3.00. The van der Waals surface area contributed by atoms with E-state index >= 15 is 0 Å². The minimum absolute atomic E-state index is 0. The van der Waals surface area contributed by atoms with E-state index in [0.29, 0.717) is 42.4 Å². The summed E-state index contributed by atoms with van der Waals surface area (Å²) in [5.74, 6) is 1.29. The summed E-state index contributed by atoms with van der Waals surface area (Å²) in [6, 6.07) is 2.94. The molecule has 1 unspecified atom stereocenters. The summed E-state index contributed by atoms with van der Waals surface area (Å²) in [7, 11) is 2.91. The van der Waals surface area contributed by atoms with Gasteiger partial charge in [-0.05, 0) is 44.3 Å². The van der Waals surface area contributed by atoms with Gasteiger partial charge in [0.1, 0.15) is 0 Å². The maximum absolute atomic E-state index is 11.9. The van der Waals surface area contributed by atoms with Crippen LogP contribution in [0.15, 0.2) is 12.1 Å². The summed E-state index contributed by atoms with van der Waals surface area (Å²) in [5.41, 5.74) is 0.465. The Labute approximate surface area is 159 Å². The van der Waals surface area contributed by atoms with Crippen molar-refractivity contribution in [2.45, 2.75) is 25.7 Å². The highest BCUT2D eigenvalue weighted by molar-refractivity contribution is 5.85. The fraction of sp³-hybridized carbons (Fsp3) is 0.588. The number of nitrogens with one attached hydrogen (secondary N) is 2. The molecule has 0 saturated carbocycles. The second-order valence-electron chi connectivity index (χ2n) is 6.09. The third-order valence-corrected chi connectivity index (χ3v) is 4.44. The number of methoxy groups -OCH3 is 2. The number of carbonyl (C=O) groups is 1. The van der Waals surface area contributed by atoms with E-state index in [4.69, 9.17) is 9.47 Å². The highest BCUT2D eigenvalue weighted by Crippen LogP contribution is 2.34. The first kappa shape index (κ1) is 22.0. The number of hydrogen-bond donors (Lipinski definition) is 2. The fourth-order valence-electron chi connectivity index (χ4n) is 3.00. The maximum atomic E-state index is 11.9. The largest absolute Gasteiger partial charge is 0.493 e. The van der Waals surface area contributed by atoms with E-state index in [9.17, 15) is 14.9 Å². The van der Waals surface area contributed by atoms with Gasteiger partial charge in [-0.25, -0.2) is 0 Å². The number of nitro benzene ring substituents is 1. The van der Waals surface area contributed by atoms with Crippen LogP contribution < -0.4 is 20.1 Å². The van der Waals surface area contributed by atoms with E-state index < -0.39 is 4.92 Å². The highest BCUT2D eigenvalue weighted by Gasteiger charge is 2.20. The molecule has 1 aromatic carbocycles. The average Bonchev–Trinajstić information content (AvgIpc) is 3.12. The number of amides is 1. The quantitative estimate of drug-likeness (QED) is 0.496. The molecule has 1 aromatic rings. The van der Waals surface area contributed by atoms with Gasteiger partial charge < -0.3 is 20.1 Å². The van der Waals surface area contributed by atoms with Crippen LogP contribution in [0.1, 0.15) is 24.8 Å². The predicted molar refractivity (Wildman–Crippen MR) is 100 cm³/mol. The van der Waals surface area contributed by atoms with E-state index in [1.54, 1.807) is 6.07 Å². The third-order valence-electron chi connectivity index (χ3n) is 4.44. The molecule has 8 nitrogen and oxygen atoms in total. The van der Waals surface area contributed by atoms with Crippen molar-refractivity contribution in [3.63, 3.8) is 0 Å². The molecule has 0 spiro atoms. The van der Waals surface area contributed by atoms with Gasteiger partial charge in [0.05, 0.1) is 25.2 Å². The molecule has 1 atom stereocenters. The number of nitro groups is 1. The van der Waals surface area contributed by atoms with E-state index in [-0.39, 0.29) is 24.0 Å². The first-order chi connectivity index (χ1) is 12.0. The molecular formula is C17H26ClN3O5. The third kappa shape index (κ3) is 6.03. The number of rotatable bonds is 9. The minimum Gasteiger partial charge on any atom is -0.493 e. The lowest BCUT2D eigenvalue weighted by Crippen LogP contribution is -2.26. The summed E-state index contributed by atoms with van der Waals surface area (Å²) in [6.07, 6.45) is 2.83. The van der Waals surface area contributed by atoms with Crippen molar-refractivity contribution in [2.75, 3.05) is 33.9 Å². The van der Waals surface area contributed by atoms with Crippen LogP contribution in [0, 0.1) is 16.0 Å². The Morgan fingerprint density at radius 3 is 2.62 bits per heavy atom. The molecule has 2 N–H and O–H groups in total. The summed E-state index contributed by atoms with van der Waals surface area (Å²) >= 11 is 0. The van der Waals surface area contributed by atoms with Crippen LogP contribution in [0.3, 0.4) is 0 Å². The zero-order valence-electron chi connectivity index (χ0n) is 15.1. The first-order valence-corrected chi connectivity index (χ1v) is 8.41. The van der Waals surface area contributed by atoms with E-state index in [0.717, 1.165) is 25.9 Å². The number of carbonyl (C=O) groups excluding carboxylic acids is 1. The molecule has 1 heterocycles. The highest BCUT2D eigenvalue weighted by atomic mass is 35.5. The Morgan fingerprint density at radius 1 is 1.35 bits per heavy atom. The van der Waals surface area contributed by atoms with Crippen molar-refractivity contribution in [1.82, 2.24) is 10.6 Å². The van der Waals surface area contributed by atoms with Gasteiger partial charge in [0.15, 0.2) is 11.5 Å². The van der Waals surface area contributed by atoms with Gasteiger partial charge in [-0.1, -0.05) is 0 Å². The van der Waals surface area contributed by atoms with Gasteiger partial charge in [-0.3, -0.25) is 14.9 Å². The van der Waals surface area contributed by atoms with Crippen LogP contribution in [0.2, 0.25) is 0 Å². The van der Waals surface area contributed by atoms with Crippen molar-refractivity contribution in [3.05, 3.63) is 27.8 Å². The summed E-state index contributed by atoms with van der Waals surface area (Å²) in [5, 5.41) is 17.4. The summed E-state index contributed by atoms with van der Waals surface area (Å²) < 4.78 is 10.3. The lowest BCUT2D eigenvalue weighted by molar-refractivity contribution is -0.385. The molecule has 2 rings (SSSR count). The van der Waals surface area contributed by atoms with Gasteiger partial charge in [0.2, 0.25) is 5.91 Å². The maximum Gasteiger partial charge on any atom is 0.276 e. The van der Waals surface area contributed by atoms with Crippen molar-refractivity contribution < 1.29 is 19.2 Å². The van der Waals surface area contributed by atoms with Crippen molar-refractivity contribution in [1.29, 1.82) is 0 Å². The zero-order chi connectivity index (χ0) is 18.2. The molecule has 0 bridgehead atoms. The molecule has 26 heavy (non-hydrogen) atoms. The summed E-state index contributed by atoms with van der Waals surface area (Å²) in [6.45, 7) is 2.35. The molecule has 0 aromatic heterocycles. The lowest BCUT2D eigenvalue weighted by Gasteiger charge is -2.11. The van der Waals surface area contributed by atoms with E-state index in [1.807, 2.05) is 0 Å². The van der Waals surface area contributed by atoms with Gasteiger partial charge >= 0.3 is 0 Å². The van der Waals surface area contributed by atoms with Gasteiger partial charge in [-0.2, -0.15) is 0 Å². The number of halogens is 1. The monoisotopic (exact) mass is 387 g/mol. The normalized spacial score (nSPS) is 15.8. The van der Waals surface area contributed by atoms with Gasteiger partial charge in [-0.15, -0.1) is 12.4 Å². The Balaban J connectivity index is 0.00000338. The van der Waals surface area contributed by atoms with Gasteiger partial charge in [0.25, 0.3) is 5.69 Å². The molecule has 1 aliphatic rings. The van der Waals surface area contributed by atoms with Crippen LogP contribution >= 0.6 is 12.4 Å². The van der Waals surface area contributed by atoms with Crippen LogP contribution in [-0.2, 0) is 11.2 Å². The number of hydrogen-bond acceptors (Lipinski definition) is 6. The van der Waals surface area contributed by atoms with E-state index in [2.05, 4.69) is 10.6 Å². The van der Waals surface area contributed by atoms with Crippen molar-refractivity contribution >= 4 is 24.0 Å². The average molecular weight is 388 g/mol. The minimum atomic E-state index is -0.452.